The topological polar surface area (TPSA) is 67.4 Å². The van der Waals surface area contributed by atoms with E-state index in [9.17, 15) is 9.59 Å². The molecule has 0 heterocycles. The van der Waals surface area contributed by atoms with Crippen LogP contribution in [0.2, 0.25) is 0 Å². The first-order chi connectivity index (χ1) is 12.1. The number of amides is 2. The van der Waals surface area contributed by atoms with Gasteiger partial charge in [-0.25, -0.2) is 0 Å². The fraction of sp³-hybridized carbons (Fsp3) is 0.300. The number of carbonyl (C=O) groups excluding carboxylic acids is 2. The van der Waals surface area contributed by atoms with Crippen LogP contribution in [-0.2, 0) is 4.79 Å². The summed E-state index contributed by atoms with van der Waals surface area (Å²) in [5.74, 6) is 0.474. The SMILES string of the molecule is CCC(=O)Nc1cccc(C(=O)NC(CC)c2ccccc2OC)c1. The summed E-state index contributed by atoms with van der Waals surface area (Å²) in [6.45, 7) is 3.79. The van der Waals surface area contributed by atoms with Crippen LogP contribution in [0.15, 0.2) is 48.5 Å². The van der Waals surface area contributed by atoms with Gasteiger partial charge in [0, 0.05) is 23.2 Å². The van der Waals surface area contributed by atoms with E-state index in [0.29, 0.717) is 17.7 Å². The van der Waals surface area contributed by atoms with Crippen LogP contribution in [0.25, 0.3) is 0 Å². The van der Waals surface area contributed by atoms with Crippen molar-refractivity contribution in [2.45, 2.75) is 32.7 Å². The highest BCUT2D eigenvalue weighted by Crippen LogP contribution is 2.27. The number of para-hydroxylation sites is 1. The highest BCUT2D eigenvalue weighted by molar-refractivity contribution is 5.97. The van der Waals surface area contributed by atoms with Gasteiger partial charge >= 0.3 is 0 Å². The Morgan fingerprint density at radius 3 is 2.52 bits per heavy atom. The van der Waals surface area contributed by atoms with Crippen LogP contribution < -0.4 is 15.4 Å². The second-order valence-electron chi connectivity index (χ2n) is 5.66. The summed E-state index contributed by atoms with van der Waals surface area (Å²) >= 11 is 0. The van der Waals surface area contributed by atoms with Gasteiger partial charge in [0.15, 0.2) is 0 Å². The number of carbonyl (C=O) groups is 2. The summed E-state index contributed by atoms with van der Waals surface area (Å²) in [4.78, 5) is 24.1. The van der Waals surface area contributed by atoms with Crippen LogP contribution in [0.3, 0.4) is 0 Å². The quantitative estimate of drug-likeness (QED) is 0.802. The van der Waals surface area contributed by atoms with E-state index in [1.165, 1.54) is 0 Å². The Kier molecular flexibility index (Phi) is 6.57. The van der Waals surface area contributed by atoms with E-state index in [0.717, 1.165) is 17.7 Å². The van der Waals surface area contributed by atoms with Crippen molar-refractivity contribution in [2.24, 2.45) is 0 Å². The van der Waals surface area contributed by atoms with Crippen LogP contribution in [0.1, 0.15) is 48.7 Å². The van der Waals surface area contributed by atoms with Gasteiger partial charge in [-0.2, -0.15) is 0 Å². The van der Waals surface area contributed by atoms with Crippen molar-refractivity contribution in [2.75, 3.05) is 12.4 Å². The first-order valence-electron chi connectivity index (χ1n) is 8.42. The van der Waals surface area contributed by atoms with Gasteiger partial charge in [-0.05, 0) is 30.7 Å². The maximum atomic E-state index is 12.6. The minimum absolute atomic E-state index is 0.0852. The van der Waals surface area contributed by atoms with Gasteiger partial charge in [0.2, 0.25) is 5.91 Å². The van der Waals surface area contributed by atoms with Crippen LogP contribution in [0.4, 0.5) is 5.69 Å². The minimum atomic E-state index is -0.189. The summed E-state index contributed by atoms with van der Waals surface area (Å²) in [6, 6.07) is 14.4. The van der Waals surface area contributed by atoms with Gasteiger partial charge in [-0.1, -0.05) is 38.1 Å². The van der Waals surface area contributed by atoms with Crippen molar-refractivity contribution in [3.63, 3.8) is 0 Å². The van der Waals surface area contributed by atoms with Crippen molar-refractivity contribution < 1.29 is 14.3 Å². The third-order valence-electron chi connectivity index (χ3n) is 3.96. The minimum Gasteiger partial charge on any atom is -0.496 e. The summed E-state index contributed by atoms with van der Waals surface area (Å²) in [5.41, 5.74) is 2.06. The van der Waals surface area contributed by atoms with E-state index >= 15 is 0 Å². The molecule has 0 aliphatic heterocycles. The molecular weight excluding hydrogens is 316 g/mol. The molecule has 0 bridgehead atoms. The molecular formula is C20H24N2O3. The van der Waals surface area contributed by atoms with Crippen molar-refractivity contribution >= 4 is 17.5 Å². The molecule has 2 amide bonds. The molecule has 0 aliphatic rings. The molecule has 2 rings (SSSR count). The zero-order chi connectivity index (χ0) is 18.2. The largest absolute Gasteiger partial charge is 0.496 e. The summed E-state index contributed by atoms with van der Waals surface area (Å²) in [7, 11) is 1.62. The Hall–Kier alpha value is -2.82. The smallest absolute Gasteiger partial charge is 0.251 e. The lowest BCUT2D eigenvalue weighted by Crippen LogP contribution is -2.28. The molecule has 0 spiro atoms. The number of rotatable bonds is 7. The second-order valence-corrected chi connectivity index (χ2v) is 5.66. The standard InChI is InChI=1S/C20H24N2O3/c1-4-17(16-11-6-7-12-18(16)25-3)22-20(24)14-9-8-10-15(13-14)21-19(23)5-2/h6-13,17H,4-5H2,1-3H3,(H,21,23)(H,22,24). The molecule has 0 radical (unpaired) electrons. The molecule has 5 heteroatoms. The lowest BCUT2D eigenvalue weighted by Gasteiger charge is -2.20. The Morgan fingerprint density at radius 1 is 1.08 bits per heavy atom. The molecule has 0 aromatic heterocycles. The molecule has 0 saturated heterocycles. The fourth-order valence-electron chi connectivity index (χ4n) is 2.58. The average molecular weight is 340 g/mol. The van der Waals surface area contributed by atoms with Crippen LogP contribution >= 0.6 is 0 Å². The zero-order valence-corrected chi connectivity index (χ0v) is 14.8. The van der Waals surface area contributed by atoms with E-state index in [2.05, 4.69) is 10.6 Å². The normalized spacial score (nSPS) is 11.5. The van der Waals surface area contributed by atoms with E-state index in [1.54, 1.807) is 38.3 Å². The van der Waals surface area contributed by atoms with Gasteiger partial charge in [-0.3, -0.25) is 9.59 Å². The Morgan fingerprint density at radius 2 is 1.84 bits per heavy atom. The number of methoxy groups -OCH3 is 1. The van der Waals surface area contributed by atoms with Crippen LogP contribution in [0, 0.1) is 0 Å². The van der Waals surface area contributed by atoms with Crippen LogP contribution in [0.5, 0.6) is 5.75 Å². The molecule has 1 unspecified atom stereocenters. The predicted molar refractivity (Wildman–Crippen MR) is 98.9 cm³/mol. The Balaban J connectivity index is 2.17. The second kappa shape index (κ2) is 8.87. The van der Waals surface area contributed by atoms with Crippen LogP contribution in [-0.4, -0.2) is 18.9 Å². The molecule has 1 atom stereocenters. The number of nitrogens with one attached hydrogen (secondary N) is 2. The van der Waals surface area contributed by atoms with Crippen molar-refractivity contribution in [1.82, 2.24) is 5.32 Å². The van der Waals surface area contributed by atoms with Crippen molar-refractivity contribution in [1.29, 1.82) is 0 Å². The van der Waals surface area contributed by atoms with Gasteiger partial charge < -0.3 is 15.4 Å². The molecule has 0 fully saturated rings. The third kappa shape index (κ3) is 4.83. The number of hydrogen-bond donors (Lipinski definition) is 2. The molecule has 2 aromatic carbocycles. The van der Waals surface area contributed by atoms with Gasteiger partial charge in [-0.15, -0.1) is 0 Å². The van der Waals surface area contributed by atoms with Gasteiger partial charge in [0.1, 0.15) is 5.75 Å². The molecule has 0 saturated carbocycles. The molecule has 2 aromatic rings. The molecule has 132 valence electrons. The molecule has 0 aliphatic carbocycles. The molecule has 5 nitrogen and oxygen atoms in total. The number of ether oxygens (including phenoxy) is 1. The zero-order valence-electron chi connectivity index (χ0n) is 14.8. The number of anilines is 1. The highest BCUT2D eigenvalue weighted by Gasteiger charge is 2.17. The first kappa shape index (κ1) is 18.5. The summed E-state index contributed by atoms with van der Waals surface area (Å²) in [6.07, 6.45) is 1.13. The van der Waals surface area contributed by atoms with E-state index in [1.807, 2.05) is 31.2 Å². The lowest BCUT2D eigenvalue weighted by molar-refractivity contribution is -0.115. The number of hydrogen-bond acceptors (Lipinski definition) is 3. The van der Waals surface area contributed by atoms with E-state index in [4.69, 9.17) is 4.74 Å². The maximum absolute atomic E-state index is 12.6. The first-order valence-corrected chi connectivity index (χ1v) is 8.42. The number of benzene rings is 2. The predicted octanol–water partition coefficient (Wildman–Crippen LogP) is 3.92. The third-order valence-corrected chi connectivity index (χ3v) is 3.96. The summed E-state index contributed by atoms with van der Waals surface area (Å²) in [5, 5.41) is 5.80. The van der Waals surface area contributed by atoms with Gasteiger partial charge in [0.25, 0.3) is 5.91 Å². The van der Waals surface area contributed by atoms with E-state index < -0.39 is 0 Å². The monoisotopic (exact) mass is 340 g/mol. The average Bonchev–Trinajstić information content (AvgIpc) is 2.66. The fourth-order valence-corrected chi connectivity index (χ4v) is 2.58. The summed E-state index contributed by atoms with van der Waals surface area (Å²) < 4.78 is 5.39. The highest BCUT2D eigenvalue weighted by atomic mass is 16.5. The Bertz CT molecular complexity index is 743. The van der Waals surface area contributed by atoms with Gasteiger partial charge in [0.05, 0.1) is 13.2 Å². The van der Waals surface area contributed by atoms with Crippen molar-refractivity contribution in [3.05, 3.63) is 59.7 Å². The van der Waals surface area contributed by atoms with Crippen molar-refractivity contribution in [3.8, 4) is 5.75 Å². The maximum Gasteiger partial charge on any atom is 0.251 e. The lowest BCUT2D eigenvalue weighted by atomic mass is 10.0. The molecule has 2 N–H and O–H groups in total. The Labute approximate surface area is 148 Å². The molecule has 25 heavy (non-hydrogen) atoms. The van der Waals surface area contributed by atoms with E-state index in [-0.39, 0.29) is 17.9 Å².